The summed E-state index contributed by atoms with van der Waals surface area (Å²) in [5.74, 6) is 0.290. The van der Waals surface area contributed by atoms with Gasteiger partial charge >= 0.3 is 11.1 Å². The number of esters is 1. The zero-order valence-corrected chi connectivity index (χ0v) is 9.94. The highest BCUT2D eigenvalue weighted by Gasteiger charge is 2.53. The van der Waals surface area contributed by atoms with E-state index in [-0.39, 0.29) is 5.97 Å². The molecular weight excluding hydrogens is 250 g/mol. The van der Waals surface area contributed by atoms with Gasteiger partial charge in [0.2, 0.25) is 0 Å². The molecule has 0 amide bonds. The van der Waals surface area contributed by atoms with Crippen LogP contribution in [0.15, 0.2) is 47.6 Å². The van der Waals surface area contributed by atoms with E-state index in [0.717, 1.165) is 10.6 Å². The number of fused-ring (bicyclic) bond motifs is 3. The number of benzene rings is 1. The van der Waals surface area contributed by atoms with Gasteiger partial charge in [0.15, 0.2) is 5.75 Å². The van der Waals surface area contributed by atoms with E-state index in [1.54, 1.807) is 18.3 Å². The van der Waals surface area contributed by atoms with Gasteiger partial charge in [0.25, 0.3) is 0 Å². The molecule has 2 aliphatic rings. The van der Waals surface area contributed by atoms with Gasteiger partial charge in [0, 0.05) is 6.20 Å². The molecule has 0 aliphatic carbocycles. The predicted molar refractivity (Wildman–Crippen MR) is 64.3 cm³/mol. The minimum atomic E-state index is -1.09. The average molecular weight is 257 g/mol. The number of carbonyl (C=O) groups is 1. The van der Waals surface area contributed by atoms with Crippen LogP contribution in [0.3, 0.4) is 0 Å². The number of aromatic nitrogens is 1. The topological polar surface area (TPSA) is 48.4 Å². The van der Waals surface area contributed by atoms with Crippen LogP contribution in [0.25, 0.3) is 0 Å². The van der Waals surface area contributed by atoms with E-state index >= 15 is 0 Å². The van der Waals surface area contributed by atoms with Crippen LogP contribution in [0.1, 0.15) is 15.9 Å². The van der Waals surface area contributed by atoms with E-state index in [1.807, 2.05) is 24.3 Å². The molecule has 5 heteroatoms. The number of ether oxygens (including phenoxy) is 2. The molecule has 1 unspecified atom stereocenters. The fraction of sp³-hybridized carbons (Fsp3) is 0.0769. The van der Waals surface area contributed by atoms with E-state index in [2.05, 4.69) is 4.98 Å². The molecule has 1 spiro atoms. The molecule has 0 fully saturated rings. The Kier molecular flexibility index (Phi) is 1.81. The van der Waals surface area contributed by atoms with Gasteiger partial charge in [-0.05, 0) is 36.0 Å². The predicted octanol–water partition coefficient (Wildman–Crippen LogP) is 2.55. The Labute approximate surface area is 107 Å². The molecule has 1 atom stereocenters. The molecular formula is C13H7NO3S. The van der Waals surface area contributed by atoms with Crippen molar-refractivity contribution in [2.24, 2.45) is 0 Å². The number of hydrogen-bond donors (Lipinski definition) is 0. The fourth-order valence-electron chi connectivity index (χ4n) is 2.13. The molecule has 1 aromatic carbocycles. The zero-order chi connectivity index (χ0) is 12.2. The standard InChI is InChI=1S/C13H7NO3S/c15-12-8-4-1-2-5-9(8)13(17-12)16-10-6-3-7-14-11(10)18-13/h1-7H. The van der Waals surface area contributed by atoms with Crippen molar-refractivity contribution in [3.63, 3.8) is 0 Å². The number of carbonyl (C=O) groups excluding carboxylic acids is 1. The molecule has 18 heavy (non-hydrogen) atoms. The molecule has 4 rings (SSSR count). The van der Waals surface area contributed by atoms with Gasteiger partial charge in [-0.1, -0.05) is 12.1 Å². The highest BCUT2D eigenvalue weighted by molar-refractivity contribution is 8.00. The second kappa shape index (κ2) is 3.26. The van der Waals surface area contributed by atoms with E-state index < -0.39 is 5.12 Å². The third-order valence-corrected chi connectivity index (χ3v) is 4.07. The van der Waals surface area contributed by atoms with Crippen molar-refractivity contribution in [2.45, 2.75) is 10.1 Å². The van der Waals surface area contributed by atoms with E-state index in [0.29, 0.717) is 11.3 Å². The molecule has 88 valence electrons. The molecule has 0 saturated heterocycles. The number of thioether (sulfide) groups is 1. The van der Waals surface area contributed by atoms with Crippen molar-refractivity contribution in [2.75, 3.05) is 0 Å². The molecule has 3 heterocycles. The first kappa shape index (κ1) is 9.96. The Balaban J connectivity index is 1.88. The van der Waals surface area contributed by atoms with Crippen molar-refractivity contribution in [1.29, 1.82) is 0 Å². The minimum Gasteiger partial charge on any atom is -0.436 e. The van der Waals surface area contributed by atoms with Gasteiger partial charge < -0.3 is 9.47 Å². The van der Waals surface area contributed by atoms with Crippen LogP contribution in [-0.2, 0) is 9.86 Å². The Morgan fingerprint density at radius 3 is 2.89 bits per heavy atom. The van der Waals surface area contributed by atoms with Gasteiger partial charge in [-0.25, -0.2) is 9.78 Å². The highest BCUT2D eigenvalue weighted by atomic mass is 32.2. The molecule has 1 aromatic heterocycles. The number of pyridine rings is 1. The average Bonchev–Trinajstić information content (AvgIpc) is 2.89. The third kappa shape index (κ3) is 1.17. The van der Waals surface area contributed by atoms with Gasteiger partial charge in [-0.2, -0.15) is 0 Å². The number of hydrogen-bond acceptors (Lipinski definition) is 5. The molecule has 4 nitrogen and oxygen atoms in total. The van der Waals surface area contributed by atoms with Crippen LogP contribution in [0, 0.1) is 0 Å². The number of rotatable bonds is 0. The van der Waals surface area contributed by atoms with Crippen LogP contribution in [0.2, 0.25) is 0 Å². The van der Waals surface area contributed by atoms with Crippen molar-refractivity contribution in [3.8, 4) is 5.75 Å². The summed E-state index contributed by atoms with van der Waals surface area (Å²) in [6, 6.07) is 10.9. The van der Waals surface area contributed by atoms with Gasteiger partial charge in [-0.3, -0.25) is 0 Å². The van der Waals surface area contributed by atoms with Crippen LogP contribution in [0.5, 0.6) is 5.75 Å². The van der Waals surface area contributed by atoms with Crippen molar-refractivity contribution in [1.82, 2.24) is 4.98 Å². The first-order chi connectivity index (χ1) is 8.78. The second-order valence-corrected chi connectivity index (χ2v) is 5.13. The lowest BCUT2D eigenvalue weighted by molar-refractivity contribution is -0.0627. The Morgan fingerprint density at radius 2 is 2.00 bits per heavy atom. The highest BCUT2D eigenvalue weighted by Crippen LogP contribution is 2.55. The monoisotopic (exact) mass is 257 g/mol. The van der Waals surface area contributed by atoms with Crippen molar-refractivity contribution < 1.29 is 14.3 Å². The maximum atomic E-state index is 11.8. The van der Waals surface area contributed by atoms with Gasteiger partial charge in [0.05, 0.1) is 11.1 Å². The maximum Gasteiger partial charge on any atom is 0.342 e. The smallest absolute Gasteiger partial charge is 0.342 e. The summed E-state index contributed by atoms with van der Waals surface area (Å²) in [5, 5.41) is -0.355. The quantitative estimate of drug-likeness (QED) is 0.679. The van der Waals surface area contributed by atoms with Crippen LogP contribution in [-0.4, -0.2) is 11.0 Å². The minimum absolute atomic E-state index is 0.356. The lowest BCUT2D eigenvalue weighted by atomic mass is 10.1. The first-order valence-electron chi connectivity index (χ1n) is 5.44. The third-order valence-electron chi connectivity index (χ3n) is 2.92. The number of nitrogens with zero attached hydrogens (tertiary/aromatic N) is 1. The summed E-state index contributed by atoms with van der Waals surface area (Å²) in [5.41, 5.74) is 1.30. The molecule has 0 N–H and O–H groups in total. The molecule has 0 radical (unpaired) electrons. The lowest BCUT2D eigenvalue weighted by Crippen LogP contribution is -2.25. The SMILES string of the molecule is O=C1OC2(Oc3cccnc3S2)c2ccccc21. The van der Waals surface area contributed by atoms with Crippen LogP contribution >= 0.6 is 11.8 Å². The van der Waals surface area contributed by atoms with E-state index in [4.69, 9.17) is 9.47 Å². The summed E-state index contributed by atoms with van der Waals surface area (Å²) in [7, 11) is 0. The van der Waals surface area contributed by atoms with Gasteiger partial charge in [0.1, 0.15) is 5.03 Å². The van der Waals surface area contributed by atoms with Crippen LogP contribution in [0.4, 0.5) is 0 Å². The molecule has 2 aliphatic heterocycles. The summed E-state index contributed by atoms with van der Waals surface area (Å²) < 4.78 is 11.2. The van der Waals surface area contributed by atoms with Crippen LogP contribution < -0.4 is 4.74 Å². The summed E-state index contributed by atoms with van der Waals surface area (Å²) in [6.07, 6.45) is 1.69. The van der Waals surface area contributed by atoms with E-state index in [9.17, 15) is 4.79 Å². The summed E-state index contributed by atoms with van der Waals surface area (Å²) in [6.45, 7) is 0. The Morgan fingerprint density at radius 1 is 1.11 bits per heavy atom. The first-order valence-corrected chi connectivity index (χ1v) is 6.26. The Bertz CT molecular complexity index is 646. The summed E-state index contributed by atoms with van der Waals surface area (Å²) >= 11 is 1.32. The van der Waals surface area contributed by atoms with Crippen molar-refractivity contribution in [3.05, 3.63) is 53.7 Å². The van der Waals surface area contributed by atoms with Gasteiger partial charge in [-0.15, -0.1) is 0 Å². The lowest BCUT2D eigenvalue weighted by Gasteiger charge is -2.20. The molecule has 2 aromatic rings. The fourth-order valence-corrected chi connectivity index (χ4v) is 3.25. The zero-order valence-electron chi connectivity index (χ0n) is 9.12. The Hall–Kier alpha value is -2.01. The summed E-state index contributed by atoms with van der Waals surface area (Å²) in [4.78, 5) is 16.1. The van der Waals surface area contributed by atoms with Crippen molar-refractivity contribution >= 4 is 17.7 Å². The van der Waals surface area contributed by atoms with E-state index in [1.165, 1.54) is 11.8 Å². The maximum absolute atomic E-state index is 11.8. The molecule has 0 saturated carbocycles. The normalized spacial score (nSPS) is 23.4. The largest absolute Gasteiger partial charge is 0.436 e. The molecule has 0 bridgehead atoms. The second-order valence-electron chi connectivity index (χ2n) is 4.00.